The number of amides is 2. The Morgan fingerprint density at radius 3 is 2.10 bits per heavy atom. The van der Waals surface area contributed by atoms with Crippen LogP contribution in [0.3, 0.4) is 0 Å². The van der Waals surface area contributed by atoms with Crippen molar-refractivity contribution in [3.05, 3.63) is 35.4 Å². The molecule has 1 aromatic carbocycles. The van der Waals surface area contributed by atoms with Crippen LogP contribution in [0.25, 0.3) is 0 Å². The van der Waals surface area contributed by atoms with E-state index < -0.39 is 12.1 Å². The minimum atomic E-state index is -5.08. The van der Waals surface area contributed by atoms with Crippen LogP contribution in [0.1, 0.15) is 98.9 Å². The van der Waals surface area contributed by atoms with E-state index in [1.165, 1.54) is 44.1 Å². The maximum Gasteiger partial charge on any atom is 0.490 e. The van der Waals surface area contributed by atoms with Gasteiger partial charge >= 0.3 is 12.1 Å². The second-order valence-electron chi connectivity index (χ2n) is 12.5. The van der Waals surface area contributed by atoms with Crippen LogP contribution in [0, 0.1) is 11.8 Å². The van der Waals surface area contributed by atoms with Crippen molar-refractivity contribution in [2.45, 2.75) is 107 Å². The first-order chi connectivity index (χ1) is 19.9. The van der Waals surface area contributed by atoms with Crippen molar-refractivity contribution in [1.82, 2.24) is 9.80 Å². The van der Waals surface area contributed by atoms with Gasteiger partial charge in [-0.15, -0.1) is 0 Å². The predicted octanol–water partition coefficient (Wildman–Crippen LogP) is 4.70. The average molecular weight is 596 g/mol. The summed E-state index contributed by atoms with van der Waals surface area (Å²) in [4.78, 5) is 39.0. The first-order valence-electron chi connectivity index (χ1n) is 15.3. The van der Waals surface area contributed by atoms with Gasteiger partial charge in [0.05, 0.1) is 6.10 Å². The third-order valence-corrected chi connectivity index (χ3v) is 9.71. The molecule has 2 aliphatic carbocycles. The van der Waals surface area contributed by atoms with Crippen LogP contribution in [0.5, 0.6) is 0 Å². The van der Waals surface area contributed by atoms with Crippen LogP contribution in [0.15, 0.2) is 24.3 Å². The van der Waals surface area contributed by atoms with Gasteiger partial charge < -0.3 is 20.8 Å². The Morgan fingerprint density at radius 2 is 1.55 bits per heavy atom. The minimum Gasteiger partial charge on any atom is -0.475 e. The predicted molar refractivity (Wildman–Crippen MR) is 151 cm³/mol. The smallest absolute Gasteiger partial charge is 0.475 e. The molecule has 0 spiro atoms. The number of rotatable bonds is 8. The molecule has 4 N–H and O–H groups in total. The van der Waals surface area contributed by atoms with E-state index in [1.54, 1.807) is 6.07 Å². The van der Waals surface area contributed by atoms with E-state index >= 15 is 0 Å². The summed E-state index contributed by atoms with van der Waals surface area (Å²) in [6.07, 6.45) is 7.72. The highest BCUT2D eigenvalue weighted by molar-refractivity contribution is 5.92. The van der Waals surface area contributed by atoms with Crippen molar-refractivity contribution in [1.29, 1.82) is 0 Å². The fraction of sp³-hybridized carbons (Fsp3) is 0.710. The highest BCUT2D eigenvalue weighted by atomic mass is 19.4. The SMILES string of the molecule is NC(=O)c1cccc(C2CC3CCC(C2)N3CCN(CC2CCCC2)C(=O)[C@H]2CC[C@H](O)CC2)c1.O=C(O)C(F)(F)F. The van der Waals surface area contributed by atoms with Gasteiger partial charge in [0.2, 0.25) is 11.8 Å². The van der Waals surface area contributed by atoms with Gasteiger partial charge in [-0.05, 0) is 93.7 Å². The summed E-state index contributed by atoms with van der Waals surface area (Å²) in [5.74, 6) is -1.53. The van der Waals surface area contributed by atoms with Crippen molar-refractivity contribution in [3.8, 4) is 0 Å². The number of alkyl halides is 3. The van der Waals surface area contributed by atoms with E-state index in [9.17, 15) is 27.9 Å². The van der Waals surface area contributed by atoms with Gasteiger partial charge in [-0.25, -0.2) is 4.79 Å². The molecule has 2 atom stereocenters. The lowest BCUT2D eigenvalue weighted by molar-refractivity contribution is -0.192. The lowest BCUT2D eigenvalue weighted by Gasteiger charge is -2.41. The molecule has 0 radical (unpaired) electrons. The zero-order chi connectivity index (χ0) is 30.4. The number of benzene rings is 1. The van der Waals surface area contributed by atoms with Crippen LogP contribution < -0.4 is 5.73 Å². The molecule has 11 heteroatoms. The molecule has 4 fully saturated rings. The standard InChI is InChI=1S/C29H43N3O3.C2HF3O2/c30-28(34)23-7-3-6-22(16-23)24-17-25-10-11-26(18-24)32(25)15-14-31(19-20-4-1-2-5-20)29(35)21-8-12-27(33)13-9-21;3-2(4,5)1(6)7/h3,6-7,16,20-21,24-27,33H,1-2,4-5,8-15,17-19H2,(H2,30,34);(H,6,7)/t21-,24?,25?,26?,27-;. The van der Waals surface area contributed by atoms with Crippen molar-refractivity contribution in [2.75, 3.05) is 19.6 Å². The molecular formula is C31H44F3N3O5. The Hall–Kier alpha value is -2.66. The average Bonchev–Trinajstić information content (AvgIpc) is 3.55. The minimum absolute atomic E-state index is 0.0970. The molecule has 2 unspecified atom stereocenters. The summed E-state index contributed by atoms with van der Waals surface area (Å²) in [6, 6.07) is 9.02. The van der Waals surface area contributed by atoms with Crippen molar-refractivity contribution in [2.24, 2.45) is 17.6 Å². The molecule has 2 aliphatic heterocycles. The van der Waals surface area contributed by atoms with Gasteiger partial charge in [0, 0.05) is 43.2 Å². The number of aliphatic hydroxyl groups is 1. The molecule has 2 heterocycles. The Labute approximate surface area is 245 Å². The Bertz CT molecular complexity index is 1070. The van der Waals surface area contributed by atoms with Gasteiger partial charge in [0.1, 0.15) is 0 Å². The highest BCUT2D eigenvalue weighted by Gasteiger charge is 2.41. The number of nitrogens with zero attached hydrogens (tertiary/aromatic N) is 2. The van der Waals surface area contributed by atoms with Gasteiger partial charge in [-0.2, -0.15) is 13.2 Å². The van der Waals surface area contributed by atoms with Crippen molar-refractivity contribution < 1.29 is 37.8 Å². The van der Waals surface area contributed by atoms with Crippen LogP contribution in [0.4, 0.5) is 13.2 Å². The largest absolute Gasteiger partial charge is 0.490 e. The molecular weight excluding hydrogens is 551 g/mol. The van der Waals surface area contributed by atoms with Gasteiger partial charge in [-0.3, -0.25) is 14.5 Å². The Balaban J connectivity index is 0.000000517. The normalized spacial score (nSPS) is 28.1. The second-order valence-corrected chi connectivity index (χ2v) is 12.5. The number of nitrogens with two attached hydrogens (primary N) is 1. The molecule has 42 heavy (non-hydrogen) atoms. The quantitative estimate of drug-likeness (QED) is 0.400. The van der Waals surface area contributed by atoms with E-state index in [0.717, 1.165) is 58.2 Å². The van der Waals surface area contributed by atoms with E-state index in [1.807, 2.05) is 12.1 Å². The summed E-state index contributed by atoms with van der Waals surface area (Å²) in [5.41, 5.74) is 7.37. The molecule has 2 bridgehead atoms. The number of hydrogen-bond donors (Lipinski definition) is 3. The first kappa shape index (κ1) is 32.3. The van der Waals surface area contributed by atoms with E-state index in [2.05, 4.69) is 15.9 Å². The maximum absolute atomic E-state index is 13.6. The Kier molecular flexibility index (Phi) is 10.9. The number of aliphatic carboxylic acids is 1. The fourth-order valence-corrected chi connectivity index (χ4v) is 7.47. The number of aliphatic hydroxyl groups excluding tert-OH is 1. The summed E-state index contributed by atoms with van der Waals surface area (Å²) >= 11 is 0. The monoisotopic (exact) mass is 595 g/mol. The summed E-state index contributed by atoms with van der Waals surface area (Å²) in [5, 5.41) is 17.0. The number of halogens is 3. The number of carboxylic acids is 1. The van der Waals surface area contributed by atoms with Crippen LogP contribution in [0.2, 0.25) is 0 Å². The van der Waals surface area contributed by atoms with Gasteiger partial charge in [-0.1, -0.05) is 25.0 Å². The van der Waals surface area contributed by atoms with Crippen molar-refractivity contribution in [3.63, 3.8) is 0 Å². The van der Waals surface area contributed by atoms with Gasteiger partial charge in [0.15, 0.2) is 0 Å². The zero-order valence-electron chi connectivity index (χ0n) is 24.1. The third-order valence-electron chi connectivity index (χ3n) is 9.71. The topological polar surface area (TPSA) is 124 Å². The lowest BCUT2D eigenvalue weighted by atomic mass is 9.84. The molecule has 234 valence electrons. The number of carbonyl (C=O) groups is 3. The third kappa shape index (κ3) is 8.46. The highest BCUT2D eigenvalue weighted by Crippen LogP contribution is 2.43. The first-order valence-corrected chi connectivity index (χ1v) is 15.3. The van der Waals surface area contributed by atoms with Crippen molar-refractivity contribution >= 4 is 17.8 Å². The summed E-state index contributed by atoms with van der Waals surface area (Å²) in [6.45, 7) is 2.73. The number of primary amides is 1. The number of fused-ring (bicyclic) bond motifs is 2. The number of carboxylic acid groups (broad SMARTS) is 1. The lowest BCUT2D eigenvalue weighted by Crippen LogP contribution is -2.49. The molecule has 8 nitrogen and oxygen atoms in total. The summed E-state index contributed by atoms with van der Waals surface area (Å²) in [7, 11) is 0. The van der Waals surface area contributed by atoms with Crippen LogP contribution in [-0.2, 0) is 9.59 Å². The Morgan fingerprint density at radius 1 is 0.952 bits per heavy atom. The molecule has 4 aliphatic rings. The molecule has 2 saturated carbocycles. The number of piperidine rings is 1. The molecule has 5 rings (SSSR count). The number of hydrogen-bond acceptors (Lipinski definition) is 5. The summed E-state index contributed by atoms with van der Waals surface area (Å²) < 4.78 is 31.7. The van der Waals surface area contributed by atoms with Crippen LogP contribution >= 0.6 is 0 Å². The maximum atomic E-state index is 13.6. The molecule has 0 aromatic heterocycles. The molecule has 2 amide bonds. The zero-order valence-corrected chi connectivity index (χ0v) is 24.1. The fourth-order valence-electron chi connectivity index (χ4n) is 7.47. The van der Waals surface area contributed by atoms with E-state index in [4.69, 9.17) is 15.6 Å². The number of carbonyl (C=O) groups excluding carboxylic acids is 2. The molecule has 1 aromatic rings. The van der Waals surface area contributed by atoms with Crippen LogP contribution in [-0.4, -0.2) is 81.8 Å². The van der Waals surface area contributed by atoms with Gasteiger partial charge in [0.25, 0.3) is 0 Å². The van der Waals surface area contributed by atoms with E-state index in [-0.39, 0.29) is 17.9 Å². The second kappa shape index (κ2) is 14.2. The van der Waals surface area contributed by atoms with E-state index in [0.29, 0.717) is 35.4 Å². The molecule has 2 saturated heterocycles.